The lowest BCUT2D eigenvalue weighted by Crippen LogP contribution is -2.38. The maximum atomic E-state index is 12.7. The summed E-state index contributed by atoms with van der Waals surface area (Å²) in [6.07, 6.45) is 2.38. The molecule has 2 fully saturated rings. The van der Waals surface area contributed by atoms with E-state index in [2.05, 4.69) is 5.32 Å². The van der Waals surface area contributed by atoms with E-state index in [4.69, 9.17) is 14.2 Å². The molecule has 26 heavy (non-hydrogen) atoms. The Labute approximate surface area is 152 Å². The number of amides is 2. The number of methoxy groups -OCH3 is 3. The van der Waals surface area contributed by atoms with Crippen LogP contribution in [0.15, 0.2) is 12.1 Å². The fraction of sp³-hybridized carbons (Fsp3) is 0.556. The number of aliphatic carboxylic acids is 1. The number of anilines is 1. The van der Waals surface area contributed by atoms with Crippen LogP contribution in [0.1, 0.15) is 19.3 Å². The minimum Gasteiger partial charge on any atom is -0.493 e. The van der Waals surface area contributed by atoms with Crippen molar-refractivity contribution < 1.29 is 28.9 Å². The van der Waals surface area contributed by atoms with Crippen LogP contribution in [0.3, 0.4) is 0 Å². The zero-order valence-electron chi connectivity index (χ0n) is 15.2. The number of urea groups is 1. The van der Waals surface area contributed by atoms with Crippen LogP contribution in [0, 0.1) is 11.3 Å². The molecule has 0 unspecified atom stereocenters. The van der Waals surface area contributed by atoms with Crippen LogP contribution in [0.5, 0.6) is 17.2 Å². The Morgan fingerprint density at radius 2 is 1.85 bits per heavy atom. The summed E-state index contributed by atoms with van der Waals surface area (Å²) >= 11 is 0. The molecule has 1 aliphatic heterocycles. The van der Waals surface area contributed by atoms with Crippen molar-refractivity contribution in [2.24, 2.45) is 11.3 Å². The standard InChI is InChI=1S/C18H24N2O6/c1-24-13-7-12(8-14(25-2)15(13)26-3)19-17(23)20-9-11-5-4-6-18(11,10-20)16(21)22/h7-8,11H,4-6,9-10H2,1-3H3,(H,19,23)(H,21,22)/t11-,18+/m0/s1. The van der Waals surface area contributed by atoms with Gasteiger partial charge in [-0.1, -0.05) is 6.42 Å². The van der Waals surface area contributed by atoms with Crippen molar-refractivity contribution in [3.63, 3.8) is 0 Å². The third-order valence-corrected chi connectivity index (χ3v) is 5.50. The number of rotatable bonds is 5. The molecule has 142 valence electrons. The van der Waals surface area contributed by atoms with Gasteiger partial charge in [-0.3, -0.25) is 4.79 Å². The molecule has 2 amide bonds. The Morgan fingerprint density at radius 3 is 2.35 bits per heavy atom. The SMILES string of the molecule is COc1cc(NC(=O)N2C[C@@H]3CCC[C@@]3(C(=O)O)C2)cc(OC)c1OC. The van der Waals surface area contributed by atoms with Gasteiger partial charge in [-0.25, -0.2) is 4.79 Å². The van der Waals surface area contributed by atoms with Gasteiger partial charge in [-0.15, -0.1) is 0 Å². The maximum Gasteiger partial charge on any atom is 0.321 e. The number of hydrogen-bond donors (Lipinski definition) is 2. The van der Waals surface area contributed by atoms with E-state index in [9.17, 15) is 14.7 Å². The summed E-state index contributed by atoms with van der Waals surface area (Å²) in [5, 5.41) is 12.5. The third kappa shape index (κ3) is 2.89. The number of nitrogens with one attached hydrogen (secondary N) is 1. The van der Waals surface area contributed by atoms with Crippen molar-refractivity contribution in [3.8, 4) is 17.2 Å². The summed E-state index contributed by atoms with van der Waals surface area (Å²) in [5.41, 5.74) is -0.307. The van der Waals surface area contributed by atoms with E-state index in [0.717, 1.165) is 12.8 Å². The summed E-state index contributed by atoms with van der Waals surface area (Å²) < 4.78 is 15.8. The minimum atomic E-state index is -0.803. The van der Waals surface area contributed by atoms with E-state index in [-0.39, 0.29) is 18.5 Å². The highest BCUT2D eigenvalue weighted by atomic mass is 16.5. The van der Waals surface area contributed by atoms with Crippen molar-refractivity contribution in [1.29, 1.82) is 0 Å². The van der Waals surface area contributed by atoms with Gasteiger partial charge in [-0.2, -0.15) is 0 Å². The number of carbonyl (C=O) groups excluding carboxylic acids is 1. The van der Waals surface area contributed by atoms with Crippen LogP contribution >= 0.6 is 0 Å². The van der Waals surface area contributed by atoms with Gasteiger partial charge < -0.3 is 29.5 Å². The first-order valence-corrected chi connectivity index (χ1v) is 8.54. The molecule has 2 N–H and O–H groups in total. The maximum absolute atomic E-state index is 12.7. The van der Waals surface area contributed by atoms with Crippen LogP contribution in [-0.2, 0) is 4.79 Å². The van der Waals surface area contributed by atoms with Gasteiger partial charge in [0.2, 0.25) is 5.75 Å². The van der Waals surface area contributed by atoms with Gasteiger partial charge in [0.1, 0.15) is 0 Å². The quantitative estimate of drug-likeness (QED) is 0.833. The predicted molar refractivity (Wildman–Crippen MR) is 94.1 cm³/mol. The number of carboxylic acids is 1. The molecule has 0 spiro atoms. The fourth-order valence-corrected chi connectivity index (χ4v) is 4.15. The van der Waals surface area contributed by atoms with Crippen molar-refractivity contribution in [1.82, 2.24) is 4.90 Å². The zero-order chi connectivity index (χ0) is 18.9. The van der Waals surface area contributed by atoms with Crippen molar-refractivity contribution in [2.45, 2.75) is 19.3 Å². The van der Waals surface area contributed by atoms with Gasteiger partial charge >= 0.3 is 12.0 Å². The molecule has 0 bridgehead atoms. The number of likely N-dealkylation sites (tertiary alicyclic amines) is 1. The number of benzene rings is 1. The van der Waals surface area contributed by atoms with Crippen molar-refractivity contribution in [3.05, 3.63) is 12.1 Å². The lowest BCUT2D eigenvalue weighted by atomic mass is 9.81. The Kier molecular flexibility index (Phi) is 4.84. The van der Waals surface area contributed by atoms with Crippen molar-refractivity contribution >= 4 is 17.7 Å². The van der Waals surface area contributed by atoms with Gasteiger partial charge in [-0.05, 0) is 18.8 Å². The van der Waals surface area contributed by atoms with E-state index >= 15 is 0 Å². The molecule has 1 saturated carbocycles. The van der Waals surface area contributed by atoms with Crippen LogP contribution in [0.25, 0.3) is 0 Å². The zero-order valence-corrected chi connectivity index (χ0v) is 15.2. The molecule has 1 aromatic carbocycles. The van der Waals surface area contributed by atoms with Gasteiger partial charge in [0, 0.05) is 25.2 Å². The van der Waals surface area contributed by atoms with Gasteiger partial charge in [0.05, 0.1) is 32.4 Å². The second kappa shape index (κ2) is 6.93. The number of nitrogens with zero attached hydrogens (tertiary/aromatic N) is 1. The summed E-state index contributed by atoms with van der Waals surface area (Å²) in [6, 6.07) is 2.96. The average molecular weight is 364 g/mol. The second-order valence-corrected chi connectivity index (χ2v) is 6.78. The van der Waals surface area contributed by atoms with E-state index in [1.54, 1.807) is 17.0 Å². The van der Waals surface area contributed by atoms with Crippen molar-refractivity contribution in [2.75, 3.05) is 39.7 Å². The van der Waals surface area contributed by atoms with E-state index in [1.165, 1.54) is 21.3 Å². The first kappa shape index (κ1) is 18.2. The van der Waals surface area contributed by atoms with Crippen LogP contribution < -0.4 is 19.5 Å². The molecule has 2 atom stereocenters. The lowest BCUT2D eigenvalue weighted by Gasteiger charge is -2.23. The normalized spacial score (nSPS) is 24.1. The number of fused-ring (bicyclic) bond motifs is 1. The van der Waals surface area contributed by atoms with E-state index in [0.29, 0.717) is 35.9 Å². The number of carboxylic acid groups (broad SMARTS) is 1. The summed E-state index contributed by atoms with van der Waals surface area (Å²) in [7, 11) is 4.51. The fourth-order valence-electron chi connectivity index (χ4n) is 4.15. The molecule has 1 saturated heterocycles. The summed E-state index contributed by atoms with van der Waals surface area (Å²) in [4.78, 5) is 26.0. The second-order valence-electron chi connectivity index (χ2n) is 6.78. The van der Waals surface area contributed by atoms with Gasteiger partial charge in [0.15, 0.2) is 11.5 Å². The monoisotopic (exact) mass is 364 g/mol. The van der Waals surface area contributed by atoms with Crippen LogP contribution in [0.4, 0.5) is 10.5 Å². The number of hydrogen-bond acceptors (Lipinski definition) is 5. The number of ether oxygens (including phenoxy) is 3. The molecule has 3 rings (SSSR count). The third-order valence-electron chi connectivity index (χ3n) is 5.50. The molecule has 8 nitrogen and oxygen atoms in total. The topological polar surface area (TPSA) is 97.3 Å². The molecule has 8 heteroatoms. The first-order valence-electron chi connectivity index (χ1n) is 8.54. The Bertz CT molecular complexity index is 697. The Morgan fingerprint density at radius 1 is 1.19 bits per heavy atom. The largest absolute Gasteiger partial charge is 0.493 e. The minimum absolute atomic E-state index is 0.0192. The average Bonchev–Trinajstić information content (AvgIpc) is 3.19. The smallest absolute Gasteiger partial charge is 0.321 e. The molecule has 0 aromatic heterocycles. The molecule has 1 heterocycles. The molecule has 1 aromatic rings. The molecule has 2 aliphatic rings. The van der Waals surface area contributed by atoms with Crippen LogP contribution in [0.2, 0.25) is 0 Å². The first-order chi connectivity index (χ1) is 12.4. The molecular formula is C18H24N2O6. The summed E-state index contributed by atoms with van der Waals surface area (Å²) in [5.74, 6) is 0.521. The van der Waals surface area contributed by atoms with Crippen LogP contribution in [-0.4, -0.2) is 56.4 Å². The highest BCUT2D eigenvalue weighted by Gasteiger charge is 2.55. The summed E-state index contributed by atoms with van der Waals surface area (Å²) in [6.45, 7) is 0.700. The van der Waals surface area contributed by atoms with E-state index < -0.39 is 11.4 Å². The Hall–Kier alpha value is -2.64. The lowest BCUT2D eigenvalue weighted by molar-refractivity contribution is -0.149. The van der Waals surface area contributed by atoms with E-state index in [1.807, 2.05) is 0 Å². The highest BCUT2D eigenvalue weighted by Crippen LogP contribution is 2.49. The predicted octanol–water partition coefficient (Wildman–Crippen LogP) is 2.43. The number of carbonyl (C=O) groups is 2. The molecule has 1 aliphatic carbocycles. The molecular weight excluding hydrogens is 340 g/mol. The van der Waals surface area contributed by atoms with Gasteiger partial charge in [0.25, 0.3) is 0 Å². The molecule has 0 radical (unpaired) electrons. The highest BCUT2D eigenvalue weighted by molar-refractivity contribution is 5.91. The Balaban J connectivity index is 1.78.